The van der Waals surface area contributed by atoms with Gasteiger partial charge >= 0.3 is 5.97 Å². The number of hydrogen-bond acceptors (Lipinski definition) is 2. The number of hydrogen-bond donors (Lipinski definition) is 0. The summed E-state index contributed by atoms with van der Waals surface area (Å²) in [5.41, 5.74) is 0. The first-order valence-electron chi connectivity index (χ1n) is 6.32. The Bertz CT molecular complexity index is 364. The molecule has 0 bridgehead atoms. The maximum Gasteiger partial charge on any atom is 0.313 e. The lowest BCUT2D eigenvalue weighted by molar-refractivity contribution is -0.139. The van der Waals surface area contributed by atoms with Gasteiger partial charge in [0.2, 0.25) is 0 Å². The second-order valence-corrected chi connectivity index (χ2v) is 6.57. The van der Waals surface area contributed by atoms with Gasteiger partial charge in [0.1, 0.15) is 5.75 Å². The van der Waals surface area contributed by atoms with Crippen LogP contribution < -0.4 is 4.74 Å². The van der Waals surface area contributed by atoms with Gasteiger partial charge in [-0.2, -0.15) is 0 Å². The monoisotopic (exact) mass is 250 g/mol. The summed E-state index contributed by atoms with van der Waals surface area (Å²) in [4.78, 5) is 12.3. The van der Waals surface area contributed by atoms with E-state index in [0.717, 1.165) is 23.1 Å². The SMILES string of the molecule is CCC(C)C([SiH3])(CC)C(=O)Oc1ccccc1. The molecule has 0 radical (unpaired) electrons. The van der Waals surface area contributed by atoms with E-state index in [0.29, 0.717) is 11.7 Å². The summed E-state index contributed by atoms with van der Waals surface area (Å²) >= 11 is 0. The van der Waals surface area contributed by atoms with Crippen LogP contribution in [0.2, 0.25) is 5.04 Å². The van der Waals surface area contributed by atoms with Crippen LogP contribution in [0.1, 0.15) is 33.6 Å². The molecule has 1 aromatic carbocycles. The number of ether oxygens (including phenoxy) is 1. The first-order chi connectivity index (χ1) is 8.04. The minimum absolute atomic E-state index is 0.0628. The average Bonchev–Trinajstić information content (AvgIpc) is 2.37. The molecule has 1 rings (SSSR count). The molecular formula is C14H22O2Si. The van der Waals surface area contributed by atoms with Gasteiger partial charge in [0.05, 0.1) is 5.04 Å². The summed E-state index contributed by atoms with van der Waals surface area (Å²) < 4.78 is 5.49. The fraction of sp³-hybridized carbons (Fsp3) is 0.500. The molecule has 17 heavy (non-hydrogen) atoms. The smallest absolute Gasteiger partial charge is 0.313 e. The Morgan fingerprint density at radius 1 is 1.35 bits per heavy atom. The Hall–Kier alpha value is -1.09. The van der Waals surface area contributed by atoms with Crippen LogP contribution >= 0.6 is 0 Å². The normalized spacial score (nSPS) is 16.2. The standard InChI is InChI=1S/C14H22O2Si/c1-4-11(3)14(17,5-2)13(15)16-12-9-7-6-8-10-12/h6-11H,4-5H2,1-3,17H3. The van der Waals surface area contributed by atoms with Gasteiger partial charge in [-0.05, 0) is 24.5 Å². The zero-order valence-corrected chi connectivity index (χ0v) is 13.2. The molecule has 2 nitrogen and oxygen atoms in total. The minimum Gasteiger partial charge on any atom is -0.426 e. The number of rotatable bonds is 5. The molecule has 0 heterocycles. The second kappa shape index (κ2) is 6.01. The molecule has 2 atom stereocenters. The molecule has 0 aliphatic carbocycles. The quantitative estimate of drug-likeness (QED) is 0.456. The van der Waals surface area contributed by atoms with Gasteiger partial charge in [-0.1, -0.05) is 45.4 Å². The van der Waals surface area contributed by atoms with Crippen LogP contribution in [0.5, 0.6) is 5.75 Å². The third kappa shape index (κ3) is 3.19. The van der Waals surface area contributed by atoms with Crippen LogP contribution in [-0.4, -0.2) is 16.2 Å². The van der Waals surface area contributed by atoms with Gasteiger partial charge in [-0.15, -0.1) is 0 Å². The van der Waals surface area contributed by atoms with E-state index in [9.17, 15) is 4.79 Å². The van der Waals surface area contributed by atoms with Gasteiger partial charge in [0, 0.05) is 10.2 Å². The van der Waals surface area contributed by atoms with Crippen molar-refractivity contribution < 1.29 is 9.53 Å². The number of esters is 1. The zero-order valence-electron chi connectivity index (χ0n) is 11.2. The molecule has 0 aromatic heterocycles. The van der Waals surface area contributed by atoms with Gasteiger partial charge in [0.15, 0.2) is 0 Å². The molecule has 2 unspecified atom stereocenters. The summed E-state index contributed by atoms with van der Waals surface area (Å²) in [5.74, 6) is 0.970. The lowest BCUT2D eigenvalue weighted by atomic mass is 9.88. The van der Waals surface area contributed by atoms with Crippen LogP contribution in [0.3, 0.4) is 0 Å². The van der Waals surface area contributed by atoms with E-state index in [1.54, 1.807) is 0 Å². The van der Waals surface area contributed by atoms with Crippen LogP contribution in [0, 0.1) is 5.92 Å². The summed E-state index contributed by atoms with van der Waals surface area (Å²) in [7, 11) is 0.833. The van der Waals surface area contributed by atoms with Crippen molar-refractivity contribution in [1.82, 2.24) is 0 Å². The predicted molar refractivity (Wildman–Crippen MR) is 74.5 cm³/mol. The summed E-state index contributed by atoms with van der Waals surface area (Å²) in [6.45, 7) is 6.34. The van der Waals surface area contributed by atoms with E-state index < -0.39 is 0 Å². The van der Waals surface area contributed by atoms with Crippen molar-refractivity contribution in [2.45, 2.75) is 38.7 Å². The number of benzene rings is 1. The molecule has 0 spiro atoms. The van der Waals surface area contributed by atoms with Crippen molar-refractivity contribution in [3.05, 3.63) is 30.3 Å². The molecule has 0 saturated heterocycles. The molecule has 0 N–H and O–H groups in total. The fourth-order valence-electron chi connectivity index (χ4n) is 1.86. The van der Waals surface area contributed by atoms with Crippen LogP contribution in [0.15, 0.2) is 30.3 Å². The molecule has 0 saturated carbocycles. The van der Waals surface area contributed by atoms with Gasteiger partial charge in [0.25, 0.3) is 0 Å². The fourth-order valence-corrected chi connectivity index (χ4v) is 2.37. The van der Waals surface area contributed by atoms with E-state index in [-0.39, 0.29) is 11.0 Å². The van der Waals surface area contributed by atoms with Crippen molar-refractivity contribution in [2.24, 2.45) is 5.92 Å². The van der Waals surface area contributed by atoms with Crippen LogP contribution in [0.25, 0.3) is 0 Å². The van der Waals surface area contributed by atoms with Crippen molar-refractivity contribution in [1.29, 1.82) is 0 Å². The molecule has 1 aromatic rings. The van der Waals surface area contributed by atoms with Crippen molar-refractivity contribution in [2.75, 3.05) is 0 Å². The first kappa shape index (κ1) is 14.0. The molecular weight excluding hydrogens is 228 g/mol. The molecule has 0 aliphatic rings. The largest absolute Gasteiger partial charge is 0.426 e. The maximum atomic E-state index is 12.3. The lowest BCUT2D eigenvalue weighted by Crippen LogP contribution is -2.33. The first-order valence-corrected chi connectivity index (χ1v) is 7.32. The highest BCUT2D eigenvalue weighted by Gasteiger charge is 2.37. The second-order valence-electron chi connectivity index (χ2n) is 4.78. The Morgan fingerprint density at radius 3 is 2.41 bits per heavy atom. The number of carbonyl (C=O) groups is 1. The zero-order chi connectivity index (χ0) is 12.9. The highest BCUT2D eigenvalue weighted by atomic mass is 28.1. The third-order valence-electron chi connectivity index (χ3n) is 3.85. The van der Waals surface area contributed by atoms with E-state index in [1.807, 2.05) is 30.3 Å². The van der Waals surface area contributed by atoms with Crippen molar-refractivity contribution in [3.63, 3.8) is 0 Å². The molecule has 94 valence electrons. The summed E-state index contributed by atoms with van der Waals surface area (Å²) in [5, 5.41) is -0.259. The van der Waals surface area contributed by atoms with Gasteiger partial charge < -0.3 is 4.74 Å². The molecule has 3 heteroatoms. The highest BCUT2D eigenvalue weighted by Crippen LogP contribution is 2.39. The number of para-hydroxylation sites is 1. The number of carbonyl (C=O) groups excluding carboxylic acids is 1. The van der Waals surface area contributed by atoms with E-state index in [4.69, 9.17) is 4.74 Å². The summed E-state index contributed by atoms with van der Waals surface area (Å²) in [6, 6.07) is 9.33. The summed E-state index contributed by atoms with van der Waals surface area (Å²) in [6.07, 6.45) is 1.88. The Labute approximate surface area is 107 Å². The lowest BCUT2D eigenvalue weighted by Gasteiger charge is -2.31. The topological polar surface area (TPSA) is 26.3 Å². The van der Waals surface area contributed by atoms with Crippen molar-refractivity contribution >= 4 is 16.2 Å². The molecule has 0 amide bonds. The molecule has 0 aliphatic heterocycles. The van der Waals surface area contributed by atoms with E-state index in [1.165, 1.54) is 0 Å². The average molecular weight is 250 g/mol. The minimum atomic E-state index is -0.259. The van der Waals surface area contributed by atoms with E-state index >= 15 is 0 Å². The maximum absolute atomic E-state index is 12.3. The molecule has 0 fully saturated rings. The predicted octanol–water partition coefficient (Wildman–Crippen LogP) is 2.57. The van der Waals surface area contributed by atoms with Gasteiger partial charge in [-0.25, -0.2) is 0 Å². The Kier molecular flexibility index (Phi) is 4.94. The van der Waals surface area contributed by atoms with Gasteiger partial charge in [-0.3, -0.25) is 4.79 Å². The van der Waals surface area contributed by atoms with Crippen molar-refractivity contribution in [3.8, 4) is 5.75 Å². The Balaban J connectivity index is 2.81. The van der Waals surface area contributed by atoms with Crippen LogP contribution in [0.4, 0.5) is 0 Å². The highest BCUT2D eigenvalue weighted by molar-refractivity contribution is 6.27. The third-order valence-corrected chi connectivity index (χ3v) is 5.96. The Morgan fingerprint density at radius 2 is 1.94 bits per heavy atom. The van der Waals surface area contributed by atoms with E-state index in [2.05, 4.69) is 20.8 Å². The van der Waals surface area contributed by atoms with Crippen LogP contribution in [-0.2, 0) is 4.79 Å².